The van der Waals surface area contributed by atoms with Crippen LogP contribution in [0.4, 0.5) is 15.8 Å². The number of hydrogen-bond donors (Lipinski definition) is 4. The number of aromatic nitrogens is 3. The summed E-state index contributed by atoms with van der Waals surface area (Å²) in [5.74, 6) is 2.04. The molecule has 0 aliphatic heterocycles. The van der Waals surface area contributed by atoms with Crippen molar-refractivity contribution in [3.8, 4) is 29.0 Å². The first-order chi connectivity index (χ1) is 30.1. The van der Waals surface area contributed by atoms with Crippen LogP contribution in [-0.4, -0.2) is 20.1 Å². The molecule has 7 N–H and O–H groups in total. The van der Waals surface area contributed by atoms with Gasteiger partial charge in [-0.05, 0) is 66.2 Å². The first-order valence-corrected chi connectivity index (χ1v) is 35.8. The van der Waals surface area contributed by atoms with Gasteiger partial charge in [0.1, 0.15) is 17.2 Å². The van der Waals surface area contributed by atoms with Crippen LogP contribution in [0.1, 0.15) is 5.56 Å². The standard InChI is InChI=1S/C12H11ClN2O.C11H9ClN2O.C6H6ClNO.C5H4FN.2ClH.S15/c13-11-7-10(5-4-9(11)8-14)16-12-3-1-2-6-15-12;12-9-7-8(4-5-10(9)13)15-11-3-1-2-6-14-11;7-5-3-4(9)1-2-6(5)8;6-5-3-1-2-4-7-5;;;1-3-5-7-9-11-13-15-14-12-10-8-6-4-2/h1-7H,8,14H2;1-7H,13H2;1-3,9H,8H2;1-4H;2*1H;. The van der Waals surface area contributed by atoms with Gasteiger partial charge >= 0.3 is 0 Å². The number of nitrogens with zero attached hydrogens (tertiary/aromatic N) is 3. The monoisotopic (exact) mass is 1250 g/mol. The Bertz CT molecular complexity index is 2860. The van der Waals surface area contributed by atoms with E-state index in [1.54, 1.807) is 165 Å². The van der Waals surface area contributed by atoms with Crippen LogP contribution in [0.25, 0.3) is 0 Å². The molecule has 0 amide bonds. The molecule has 348 valence electrons. The van der Waals surface area contributed by atoms with Gasteiger partial charge in [0.05, 0.1) is 21.4 Å². The van der Waals surface area contributed by atoms with Crippen molar-refractivity contribution in [2.24, 2.45) is 5.73 Å². The first-order valence-electron chi connectivity index (χ1n) is 16.0. The largest absolute Gasteiger partial charge is 0.508 e. The summed E-state index contributed by atoms with van der Waals surface area (Å²) in [7, 11) is 21.7. The summed E-state index contributed by atoms with van der Waals surface area (Å²) in [4.78, 5) is 11.4. The van der Waals surface area contributed by atoms with Crippen LogP contribution in [0, 0.1) is 5.95 Å². The molecule has 0 fully saturated rings. The Morgan fingerprint density at radius 1 is 0.531 bits per heavy atom. The topological polar surface area (TPSA) is 155 Å². The molecule has 3 aromatic heterocycles. The van der Waals surface area contributed by atoms with Gasteiger partial charge in [-0.25, -0.2) is 15.0 Å². The highest BCUT2D eigenvalue weighted by molar-refractivity contribution is 8.76. The fourth-order valence-electron chi connectivity index (χ4n) is 3.37. The van der Waals surface area contributed by atoms with Gasteiger partial charge in [0.25, 0.3) is 0 Å². The molecule has 0 aliphatic rings. The van der Waals surface area contributed by atoms with E-state index in [1.165, 1.54) is 42.2 Å². The highest BCUT2D eigenvalue weighted by Gasteiger charge is 2.03. The Morgan fingerprint density at radius 2 is 0.938 bits per heavy atom. The lowest BCUT2D eigenvalue weighted by molar-refractivity contribution is 0.462. The van der Waals surface area contributed by atoms with Crippen molar-refractivity contribution in [2.75, 3.05) is 11.5 Å². The van der Waals surface area contributed by atoms with Gasteiger partial charge in [0.15, 0.2) is 0 Å². The van der Waals surface area contributed by atoms with E-state index in [-0.39, 0.29) is 30.6 Å². The minimum absolute atomic E-state index is 0. The molecular weight excluding hydrogens is 1220 g/mol. The van der Waals surface area contributed by atoms with Crippen molar-refractivity contribution in [1.82, 2.24) is 15.0 Å². The molecule has 0 saturated carbocycles. The summed E-state index contributed by atoms with van der Waals surface area (Å²) >= 11 is 26.8. The minimum atomic E-state index is -0.428. The number of nitrogen functional groups attached to an aromatic ring is 2. The summed E-state index contributed by atoms with van der Waals surface area (Å²) in [6.07, 6.45) is 4.74. The van der Waals surface area contributed by atoms with Gasteiger partial charge in [-0.2, -0.15) is 4.39 Å². The quantitative estimate of drug-likeness (QED) is 0.0741. The van der Waals surface area contributed by atoms with Gasteiger partial charge in [-0.1, -0.05) is 59.1 Å². The Hall–Kier alpha value is -1.25. The number of nitrogens with two attached hydrogens (primary N) is 3. The van der Waals surface area contributed by atoms with Crippen molar-refractivity contribution in [3.05, 3.63) is 154 Å². The van der Waals surface area contributed by atoms with Gasteiger partial charge < -0.3 is 31.8 Å². The molecule has 30 heteroatoms. The summed E-state index contributed by atoms with van der Waals surface area (Å²) in [6.45, 7) is 0.419. The first kappa shape index (κ1) is 62.8. The number of ether oxygens (including phenoxy) is 2. The van der Waals surface area contributed by atoms with E-state index < -0.39 is 5.95 Å². The maximum Gasteiger partial charge on any atom is 0.219 e. The third-order valence-electron chi connectivity index (χ3n) is 5.88. The average Bonchev–Trinajstić information content (AvgIpc) is 3.27. The predicted octanol–water partition coefficient (Wildman–Crippen LogP) is 9.75. The van der Waals surface area contributed by atoms with E-state index in [4.69, 9.17) is 89.0 Å². The molecule has 0 atom stereocenters. The Morgan fingerprint density at radius 3 is 1.27 bits per heavy atom. The molecule has 64 heavy (non-hydrogen) atoms. The minimum Gasteiger partial charge on any atom is -0.508 e. The lowest BCUT2D eigenvalue weighted by Gasteiger charge is -2.06. The summed E-state index contributed by atoms with van der Waals surface area (Å²) in [6, 6.07) is 30.4. The Kier molecular flexibility index (Phi) is 40.0. The summed E-state index contributed by atoms with van der Waals surface area (Å²) in [5, 5.41) is 10.3. The number of phenols is 1. The van der Waals surface area contributed by atoms with E-state index in [1.807, 2.05) is 36.4 Å². The van der Waals surface area contributed by atoms with Crippen molar-refractivity contribution in [1.29, 1.82) is 0 Å². The van der Waals surface area contributed by atoms with E-state index in [9.17, 15) is 4.39 Å². The molecule has 6 rings (SSSR count). The summed E-state index contributed by atoms with van der Waals surface area (Å²) in [5.41, 5.74) is 18.4. The second-order valence-corrected chi connectivity index (χ2v) is 34.1. The van der Waals surface area contributed by atoms with Gasteiger partial charge in [0, 0.05) is 192 Å². The van der Waals surface area contributed by atoms with Crippen LogP contribution in [-0.2, 0) is 144 Å². The molecule has 0 saturated heterocycles. The lowest BCUT2D eigenvalue weighted by atomic mass is 10.2. The number of phenolic OH excluding ortho intramolecular Hbond substituents is 1. The van der Waals surface area contributed by atoms with E-state index in [2.05, 4.69) is 15.0 Å². The molecule has 0 unspecified atom stereocenters. The van der Waals surface area contributed by atoms with Gasteiger partial charge in [-0.15, -0.1) is 24.8 Å². The van der Waals surface area contributed by atoms with E-state index >= 15 is 0 Å². The maximum atomic E-state index is 11.8. The molecular formula is C34H32Cl5FN6O3S15. The smallest absolute Gasteiger partial charge is 0.219 e. The average molecular weight is 1250 g/mol. The molecule has 3 heterocycles. The number of hydrogen-bond acceptors (Lipinski definition) is 11. The van der Waals surface area contributed by atoms with Gasteiger partial charge in [0.2, 0.25) is 17.7 Å². The number of anilines is 2. The Labute approximate surface area is 443 Å². The molecule has 0 bridgehead atoms. The van der Waals surface area contributed by atoms with Crippen LogP contribution in [0.3, 0.4) is 0 Å². The second-order valence-electron chi connectivity index (χ2n) is 9.92. The van der Waals surface area contributed by atoms with Crippen molar-refractivity contribution >= 4 is 209 Å². The van der Waals surface area contributed by atoms with Crippen LogP contribution in [0.15, 0.2) is 128 Å². The molecule has 6 aromatic rings. The van der Waals surface area contributed by atoms with Crippen molar-refractivity contribution in [2.45, 2.75) is 6.54 Å². The number of aromatic hydroxyl groups is 1. The summed E-state index contributed by atoms with van der Waals surface area (Å²) < 4.78 is 22.8. The number of halogens is 6. The van der Waals surface area contributed by atoms with Gasteiger partial charge in [-0.3, -0.25) is 0 Å². The van der Waals surface area contributed by atoms with E-state index in [0.717, 1.165) is 5.56 Å². The number of benzene rings is 3. The molecule has 0 aliphatic carbocycles. The van der Waals surface area contributed by atoms with Crippen LogP contribution in [0.5, 0.6) is 29.0 Å². The predicted molar refractivity (Wildman–Crippen MR) is 311 cm³/mol. The molecule has 0 radical (unpaired) electrons. The maximum absolute atomic E-state index is 11.8. The second kappa shape index (κ2) is 40.8. The van der Waals surface area contributed by atoms with Crippen LogP contribution < -0.4 is 26.7 Å². The normalized spacial score (nSPS) is 8.83. The zero-order valence-electron chi connectivity index (χ0n) is 31.6. The van der Waals surface area contributed by atoms with Crippen molar-refractivity contribution < 1.29 is 19.0 Å². The zero-order chi connectivity index (χ0) is 45.2. The fraction of sp³-hybridized carbons (Fsp3) is 0.0294. The number of pyridine rings is 3. The van der Waals surface area contributed by atoms with Crippen molar-refractivity contribution in [3.63, 3.8) is 0 Å². The fourth-order valence-corrected chi connectivity index (χ4v) is 34.1. The Balaban J connectivity index is 0.000000789. The third kappa shape index (κ3) is 30.9. The van der Waals surface area contributed by atoms with Crippen LogP contribution >= 0.6 is 59.6 Å². The molecule has 3 aromatic carbocycles. The van der Waals surface area contributed by atoms with E-state index in [0.29, 0.717) is 56.2 Å². The zero-order valence-corrected chi connectivity index (χ0v) is 47.8. The lowest BCUT2D eigenvalue weighted by Crippen LogP contribution is -1.97. The molecule has 0 spiro atoms. The SMILES string of the molecule is Cl.Cl.Fc1ccccn1.NCc1ccc(Oc2ccccn2)cc1Cl.Nc1ccc(O)cc1Cl.Nc1ccc(Oc2ccccn2)cc1Cl.S=S=S=S=S=S=S=S=S=S=S=S=S=S=S. The van der Waals surface area contributed by atoms with Crippen LogP contribution in [0.2, 0.25) is 15.1 Å². The number of rotatable bonds is 5. The molecule has 9 nitrogen and oxygen atoms in total. The highest BCUT2D eigenvalue weighted by Crippen LogP contribution is 2.27. The highest BCUT2D eigenvalue weighted by atomic mass is 35.5. The third-order valence-corrected chi connectivity index (χ3v) is 33.6.